The lowest BCUT2D eigenvalue weighted by Gasteiger charge is -2.09. The minimum atomic E-state index is -4.38. The molecule has 1 aromatic carbocycles. The Bertz CT molecular complexity index is 987. The molecule has 2 aromatic heterocycles. The minimum absolute atomic E-state index is 0.0102. The van der Waals surface area contributed by atoms with Gasteiger partial charge in [-0.2, -0.15) is 18.3 Å². The van der Waals surface area contributed by atoms with Crippen LogP contribution in [0.25, 0.3) is 10.9 Å². The Labute approximate surface area is 170 Å². The van der Waals surface area contributed by atoms with E-state index in [9.17, 15) is 18.0 Å². The van der Waals surface area contributed by atoms with Gasteiger partial charge in [0.2, 0.25) is 5.91 Å². The standard InChI is InChI=1S/C20H21F3N4O3/c21-20(22,23)13-30-15-4-2-14(3-5-15)11-27-12-16-17(26-27)6-8-24-18(16)10-19(29)25-7-1-9-28/h2-6,8,12,28H,1,7,9-11,13H2,(H,25,29). The SMILES string of the molecule is O=C(Cc1nccc2nn(Cc3ccc(OCC(F)(F)F)cc3)cc12)NCCCO. The first-order valence-corrected chi connectivity index (χ1v) is 9.31. The molecule has 0 aliphatic carbocycles. The third-order valence-corrected chi connectivity index (χ3v) is 4.22. The van der Waals surface area contributed by atoms with Crippen molar-refractivity contribution in [1.82, 2.24) is 20.1 Å². The van der Waals surface area contributed by atoms with Gasteiger partial charge < -0.3 is 15.2 Å². The number of halogens is 3. The molecule has 0 saturated heterocycles. The Morgan fingerprint density at radius 2 is 1.97 bits per heavy atom. The number of benzene rings is 1. The summed E-state index contributed by atoms with van der Waals surface area (Å²) >= 11 is 0. The highest BCUT2D eigenvalue weighted by atomic mass is 19.4. The van der Waals surface area contributed by atoms with Gasteiger partial charge in [0, 0.05) is 30.9 Å². The molecule has 3 rings (SSSR count). The number of alkyl halides is 3. The van der Waals surface area contributed by atoms with Crippen molar-refractivity contribution in [3.8, 4) is 5.75 Å². The van der Waals surface area contributed by atoms with E-state index in [1.54, 1.807) is 35.3 Å². The third kappa shape index (κ3) is 6.18. The number of carbonyl (C=O) groups is 1. The molecular weight excluding hydrogens is 401 g/mol. The Morgan fingerprint density at radius 3 is 2.67 bits per heavy atom. The van der Waals surface area contributed by atoms with Gasteiger partial charge in [0.15, 0.2) is 6.61 Å². The van der Waals surface area contributed by atoms with Gasteiger partial charge in [-0.15, -0.1) is 0 Å². The Morgan fingerprint density at radius 1 is 1.20 bits per heavy atom. The molecule has 0 aliphatic rings. The van der Waals surface area contributed by atoms with Crippen LogP contribution in [0.15, 0.2) is 42.7 Å². The first kappa shape index (κ1) is 21.6. The largest absolute Gasteiger partial charge is 0.484 e. The summed E-state index contributed by atoms with van der Waals surface area (Å²) in [6.45, 7) is -0.528. The highest BCUT2D eigenvalue weighted by Gasteiger charge is 2.28. The number of pyridine rings is 1. The molecule has 0 bridgehead atoms. The summed E-state index contributed by atoms with van der Waals surface area (Å²) in [5, 5.41) is 16.7. The van der Waals surface area contributed by atoms with Crippen molar-refractivity contribution in [2.24, 2.45) is 0 Å². The van der Waals surface area contributed by atoms with Crippen molar-refractivity contribution < 1.29 is 27.8 Å². The molecule has 0 fully saturated rings. The zero-order valence-electron chi connectivity index (χ0n) is 16.0. The fourth-order valence-electron chi connectivity index (χ4n) is 2.84. The monoisotopic (exact) mass is 422 g/mol. The van der Waals surface area contributed by atoms with E-state index in [4.69, 9.17) is 9.84 Å². The van der Waals surface area contributed by atoms with E-state index in [-0.39, 0.29) is 24.7 Å². The number of nitrogens with zero attached hydrogens (tertiary/aromatic N) is 3. The van der Waals surface area contributed by atoms with E-state index in [2.05, 4.69) is 15.4 Å². The molecule has 2 N–H and O–H groups in total. The number of rotatable bonds is 9. The van der Waals surface area contributed by atoms with Gasteiger partial charge in [0.05, 0.1) is 24.2 Å². The molecule has 0 atom stereocenters. The highest BCUT2D eigenvalue weighted by molar-refractivity contribution is 5.86. The molecule has 7 nitrogen and oxygen atoms in total. The lowest BCUT2D eigenvalue weighted by atomic mass is 10.2. The quantitative estimate of drug-likeness (QED) is 0.517. The van der Waals surface area contributed by atoms with E-state index in [1.165, 1.54) is 12.1 Å². The number of amides is 1. The lowest BCUT2D eigenvalue weighted by Crippen LogP contribution is -2.26. The van der Waals surface area contributed by atoms with Crippen LogP contribution in [0, 0.1) is 0 Å². The van der Waals surface area contributed by atoms with E-state index in [0.717, 1.165) is 10.9 Å². The summed E-state index contributed by atoms with van der Waals surface area (Å²) in [5.74, 6) is -0.0500. The molecule has 160 valence electrons. The Kier molecular flexibility index (Phi) is 6.88. The zero-order chi connectivity index (χ0) is 21.6. The first-order valence-electron chi connectivity index (χ1n) is 9.31. The molecule has 0 unspecified atom stereocenters. The van der Waals surface area contributed by atoms with E-state index < -0.39 is 12.8 Å². The molecular formula is C20H21F3N4O3. The maximum absolute atomic E-state index is 12.2. The summed E-state index contributed by atoms with van der Waals surface area (Å²) in [4.78, 5) is 16.3. The fraction of sp³-hybridized carbons (Fsp3) is 0.350. The number of aliphatic hydroxyl groups excluding tert-OH is 1. The maximum Gasteiger partial charge on any atom is 0.422 e. The molecule has 3 aromatic rings. The average molecular weight is 422 g/mol. The summed E-state index contributed by atoms with van der Waals surface area (Å²) in [5.41, 5.74) is 2.11. The van der Waals surface area contributed by atoms with Crippen LogP contribution in [0.3, 0.4) is 0 Å². The lowest BCUT2D eigenvalue weighted by molar-refractivity contribution is -0.153. The Balaban J connectivity index is 1.66. The molecule has 0 spiro atoms. The molecule has 0 aliphatic heterocycles. The van der Waals surface area contributed by atoms with Crippen molar-refractivity contribution in [2.75, 3.05) is 19.8 Å². The highest BCUT2D eigenvalue weighted by Crippen LogP contribution is 2.20. The van der Waals surface area contributed by atoms with Gasteiger partial charge in [-0.3, -0.25) is 14.5 Å². The zero-order valence-corrected chi connectivity index (χ0v) is 16.0. The normalized spacial score (nSPS) is 11.6. The second-order valence-corrected chi connectivity index (χ2v) is 6.67. The number of fused-ring (bicyclic) bond motifs is 1. The smallest absolute Gasteiger partial charge is 0.422 e. The predicted octanol–water partition coefficient (Wildman–Crippen LogP) is 2.46. The van der Waals surface area contributed by atoms with Crippen LogP contribution >= 0.6 is 0 Å². The molecule has 30 heavy (non-hydrogen) atoms. The van der Waals surface area contributed by atoms with Crippen LogP contribution in [0.5, 0.6) is 5.75 Å². The van der Waals surface area contributed by atoms with Gasteiger partial charge in [-0.1, -0.05) is 12.1 Å². The molecule has 1 amide bonds. The fourth-order valence-corrected chi connectivity index (χ4v) is 2.84. The topological polar surface area (TPSA) is 89.3 Å². The Hall–Kier alpha value is -3.14. The number of hydrogen-bond acceptors (Lipinski definition) is 5. The second-order valence-electron chi connectivity index (χ2n) is 6.67. The van der Waals surface area contributed by atoms with Gasteiger partial charge in [-0.25, -0.2) is 0 Å². The number of nitrogens with one attached hydrogen (secondary N) is 1. The van der Waals surface area contributed by atoms with Crippen LogP contribution in [-0.2, 0) is 17.8 Å². The van der Waals surface area contributed by atoms with Gasteiger partial charge in [0.1, 0.15) is 5.75 Å². The number of aromatic nitrogens is 3. The number of aliphatic hydroxyl groups is 1. The van der Waals surface area contributed by atoms with Crippen molar-refractivity contribution in [3.63, 3.8) is 0 Å². The molecule has 0 saturated carbocycles. The van der Waals surface area contributed by atoms with Crippen molar-refractivity contribution >= 4 is 16.8 Å². The van der Waals surface area contributed by atoms with Gasteiger partial charge in [-0.05, 0) is 30.2 Å². The number of ether oxygens (including phenoxy) is 1. The van der Waals surface area contributed by atoms with Crippen LogP contribution in [0.4, 0.5) is 13.2 Å². The summed E-state index contributed by atoms with van der Waals surface area (Å²) in [7, 11) is 0. The van der Waals surface area contributed by atoms with E-state index in [1.807, 2.05) is 0 Å². The van der Waals surface area contributed by atoms with Crippen LogP contribution in [0.2, 0.25) is 0 Å². The van der Waals surface area contributed by atoms with Gasteiger partial charge >= 0.3 is 6.18 Å². The predicted molar refractivity (Wildman–Crippen MR) is 103 cm³/mol. The maximum atomic E-state index is 12.2. The summed E-state index contributed by atoms with van der Waals surface area (Å²) in [6.07, 6.45) is -0.425. The third-order valence-electron chi connectivity index (χ3n) is 4.22. The average Bonchev–Trinajstić information content (AvgIpc) is 3.10. The number of carbonyl (C=O) groups excluding carboxylic acids is 1. The second kappa shape index (κ2) is 9.57. The summed E-state index contributed by atoms with van der Waals surface area (Å²) < 4.78 is 43.1. The van der Waals surface area contributed by atoms with Crippen molar-refractivity contribution in [1.29, 1.82) is 0 Å². The van der Waals surface area contributed by atoms with E-state index >= 15 is 0 Å². The van der Waals surface area contributed by atoms with Crippen LogP contribution in [0.1, 0.15) is 17.7 Å². The summed E-state index contributed by atoms with van der Waals surface area (Å²) in [6, 6.07) is 8.05. The molecule has 10 heteroatoms. The van der Waals surface area contributed by atoms with Crippen LogP contribution < -0.4 is 10.1 Å². The van der Waals surface area contributed by atoms with Crippen molar-refractivity contribution in [3.05, 3.63) is 54.0 Å². The molecule has 2 heterocycles. The van der Waals surface area contributed by atoms with Gasteiger partial charge in [0.25, 0.3) is 0 Å². The van der Waals surface area contributed by atoms with Crippen molar-refractivity contribution in [2.45, 2.75) is 25.6 Å². The van der Waals surface area contributed by atoms with E-state index in [0.29, 0.717) is 30.7 Å². The number of hydrogen-bond donors (Lipinski definition) is 2. The molecule has 0 radical (unpaired) electrons. The van der Waals surface area contributed by atoms with Crippen LogP contribution in [-0.4, -0.2) is 51.7 Å². The minimum Gasteiger partial charge on any atom is -0.484 e. The first-order chi connectivity index (χ1) is 14.3.